The minimum atomic E-state index is -3.94. The SMILES string of the molecule is COc1c(N)cc(S(=O)(=O)N(C)c2cccnc2)cc1F. The zero-order valence-corrected chi connectivity index (χ0v) is 12.3. The quantitative estimate of drug-likeness (QED) is 0.868. The van der Waals surface area contributed by atoms with Gasteiger partial charge in [-0.15, -0.1) is 0 Å². The first-order valence-corrected chi connectivity index (χ1v) is 7.34. The molecule has 0 unspecified atom stereocenters. The van der Waals surface area contributed by atoms with E-state index in [4.69, 9.17) is 10.5 Å². The fraction of sp³-hybridized carbons (Fsp3) is 0.154. The van der Waals surface area contributed by atoms with E-state index < -0.39 is 15.8 Å². The molecular formula is C13H14FN3O3S. The summed E-state index contributed by atoms with van der Waals surface area (Å²) in [4.78, 5) is 3.59. The maximum atomic E-state index is 13.8. The molecule has 2 rings (SSSR count). The number of sulfonamides is 1. The highest BCUT2D eigenvalue weighted by Gasteiger charge is 2.24. The molecular weight excluding hydrogens is 297 g/mol. The lowest BCUT2D eigenvalue weighted by atomic mass is 10.3. The summed E-state index contributed by atoms with van der Waals surface area (Å²) in [6.45, 7) is 0. The lowest BCUT2D eigenvalue weighted by molar-refractivity contribution is 0.388. The Morgan fingerprint density at radius 2 is 2.10 bits per heavy atom. The second kappa shape index (κ2) is 5.57. The van der Waals surface area contributed by atoms with Gasteiger partial charge in [0.25, 0.3) is 10.0 Å². The van der Waals surface area contributed by atoms with Crippen molar-refractivity contribution in [3.8, 4) is 5.75 Å². The van der Waals surface area contributed by atoms with Crippen LogP contribution in [0.5, 0.6) is 5.75 Å². The number of halogens is 1. The van der Waals surface area contributed by atoms with Gasteiger partial charge < -0.3 is 10.5 Å². The van der Waals surface area contributed by atoms with Gasteiger partial charge in [0, 0.05) is 13.2 Å². The van der Waals surface area contributed by atoms with Crippen LogP contribution in [0.4, 0.5) is 15.8 Å². The predicted molar refractivity (Wildman–Crippen MR) is 77.2 cm³/mol. The third-order valence-electron chi connectivity index (χ3n) is 2.92. The first-order chi connectivity index (χ1) is 9.87. The molecule has 0 radical (unpaired) electrons. The van der Waals surface area contributed by atoms with Crippen LogP contribution in [0.15, 0.2) is 41.6 Å². The number of aromatic nitrogens is 1. The topological polar surface area (TPSA) is 85.5 Å². The Labute approximate surface area is 122 Å². The van der Waals surface area contributed by atoms with Gasteiger partial charge >= 0.3 is 0 Å². The second-order valence-corrected chi connectivity index (χ2v) is 6.18. The molecule has 6 nitrogen and oxygen atoms in total. The summed E-state index contributed by atoms with van der Waals surface area (Å²) in [5.41, 5.74) is 5.87. The fourth-order valence-corrected chi connectivity index (χ4v) is 3.02. The van der Waals surface area contributed by atoms with Crippen molar-refractivity contribution in [1.29, 1.82) is 0 Å². The van der Waals surface area contributed by atoms with Crippen LogP contribution in [0.2, 0.25) is 0 Å². The van der Waals surface area contributed by atoms with Gasteiger partial charge in [0.2, 0.25) is 0 Å². The molecule has 0 saturated carbocycles. The average Bonchev–Trinajstić information content (AvgIpc) is 2.47. The van der Waals surface area contributed by atoms with Gasteiger partial charge in [-0.2, -0.15) is 0 Å². The standard InChI is InChI=1S/C13H14FN3O3S/c1-17(9-4-3-5-16-8-9)21(18,19)10-6-11(14)13(20-2)12(15)7-10/h3-8H,15H2,1-2H3. The molecule has 0 saturated heterocycles. The van der Waals surface area contributed by atoms with Crippen LogP contribution in [0.1, 0.15) is 0 Å². The Kier molecular flexibility index (Phi) is 3.99. The van der Waals surface area contributed by atoms with Crippen molar-refractivity contribution in [2.45, 2.75) is 4.90 Å². The Hall–Kier alpha value is -2.35. The zero-order chi connectivity index (χ0) is 15.6. The number of hydrogen-bond acceptors (Lipinski definition) is 5. The fourth-order valence-electron chi connectivity index (χ4n) is 1.79. The van der Waals surface area contributed by atoms with Crippen molar-refractivity contribution in [3.63, 3.8) is 0 Å². The highest BCUT2D eigenvalue weighted by atomic mass is 32.2. The van der Waals surface area contributed by atoms with E-state index >= 15 is 0 Å². The molecule has 0 amide bonds. The van der Waals surface area contributed by atoms with Crippen molar-refractivity contribution in [3.05, 3.63) is 42.5 Å². The number of rotatable bonds is 4. The van der Waals surface area contributed by atoms with E-state index in [1.807, 2.05) is 0 Å². The highest BCUT2D eigenvalue weighted by molar-refractivity contribution is 7.92. The Balaban J connectivity index is 2.50. The smallest absolute Gasteiger partial charge is 0.264 e. The van der Waals surface area contributed by atoms with Gasteiger partial charge in [-0.1, -0.05) is 0 Å². The molecule has 21 heavy (non-hydrogen) atoms. The summed E-state index contributed by atoms with van der Waals surface area (Å²) in [6.07, 6.45) is 2.91. The van der Waals surface area contributed by atoms with Crippen LogP contribution in [-0.2, 0) is 10.0 Å². The summed E-state index contributed by atoms with van der Waals surface area (Å²) in [5.74, 6) is -1.02. The van der Waals surface area contributed by atoms with Crippen LogP contribution in [-0.4, -0.2) is 27.6 Å². The minimum absolute atomic E-state index is 0.0874. The monoisotopic (exact) mass is 311 g/mol. The normalized spacial score (nSPS) is 11.2. The number of benzene rings is 1. The first kappa shape index (κ1) is 15.0. The van der Waals surface area contributed by atoms with E-state index in [2.05, 4.69) is 4.98 Å². The van der Waals surface area contributed by atoms with Gasteiger partial charge in [-0.25, -0.2) is 12.8 Å². The molecule has 2 aromatic rings. The molecule has 0 fully saturated rings. The van der Waals surface area contributed by atoms with Gasteiger partial charge in [0.1, 0.15) is 0 Å². The van der Waals surface area contributed by atoms with E-state index in [1.165, 1.54) is 26.6 Å². The van der Waals surface area contributed by atoms with Gasteiger partial charge in [-0.05, 0) is 24.3 Å². The van der Waals surface area contributed by atoms with Crippen molar-refractivity contribution in [1.82, 2.24) is 4.98 Å². The summed E-state index contributed by atoms with van der Waals surface area (Å²) in [7, 11) is -1.34. The lowest BCUT2D eigenvalue weighted by Gasteiger charge is -2.19. The van der Waals surface area contributed by atoms with Crippen LogP contribution < -0.4 is 14.8 Å². The number of ether oxygens (including phenoxy) is 1. The third-order valence-corrected chi connectivity index (χ3v) is 4.68. The van der Waals surface area contributed by atoms with Crippen molar-refractivity contribution in [2.75, 3.05) is 24.2 Å². The summed E-state index contributed by atoms with van der Waals surface area (Å²) >= 11 is 0. The minimum Gasteiger partial charge on any atom is -0.492 e. The number of hydrogen-bond donors (Lipinski definition) is 1. The van der Waals surface area contributed by atoms with Crippen LogP contribution >= 0.6 is 0 Å². The molecule has 0 aliphatic carbocycles. The average molecular weight is 311 g/mol. The van der Waals surface area contributed by atoms with Crippen molar-refractivity contribution < 1.29 is 17.5 Å². The van der Waals surface area contributed by atoms with Crippen molar-refractivity contribution in [2.24, 2.45) is 0 Å². The molecule has 0 aliphatic heterocycles. The molecule has 1 heterocycles. The van der Waals surface area contributed by atoms with E-state index in [-0.39, 0.29) is 16.3 Å². The molecule has 0 aliphatic rings. The second-order valence-electron chi connectivity index (χ2n) is 4.21. The Morgan fingerprint density at radius 3 is 2.62 bits per heavy atom. The van der Waals surface area contributed by atoms with E-state index in [0.717, 1.165) is 16.4 Å². The number of pyridine rings is 1. The molecule has 112 valence electrons. The maximum absolute atomic E-state index is 13.8. The zero-order valence-electron chi connectivity index (χ0n) is 11.4. The molecule has 0 atom stereocenters. The maximum Gasteiger partial charge on any atom is 0.264 e. The van der Waals surface area contributed by atoms with E-state index in [1.54, 1.807) is 12.1 Å². The number of nitrogens with zero attached hydrogens (tertiary/aromatic N) is 2. The van der Waals surface area contributed by atoms with Gasteiger partial charge in [0.15, 0.2) is 11.6 Å². The number of anilines is 2. The molecule has 8 heteroatoms. The molecule has 1 aromatic carbocycles. The van der Waals surface area contributed by atoms with E-state index in [0.29, 0.717) is 5.69 Å². The molecule has 1 aromatic heterocycles. The lowest BCUT2D eigenvalue weighted by Crippen LogP contribution is -2.26. The highest BCUT2D eigenvalue weighted by Crippen LogP contribution is 2.30. The van der Waals surface area contributed by atoms with Gasteiger partial charge in [0.05, 0.1) is 29.6 Å². The largest absolute Gasteiger partial charge is 0.492 e. The molecule has 2 N–H and O–H groups in total. The van der Waals surface area contributed by atoms with Gasteiger partial charge in [-0.3, -0.25) is 9.29 Å². The van der Waals surface area contributed by atoms with E-state index in [9.17, 15) is 12.8 Å². The molecule has 0 bridgehead atoms. The molecule has 0 spiro atoms. The summed E-state index contributed by atoms with van der Waals surface area (Å²) in [6, 6.07) is 5.21. The van der Waals surface area contributed by atoms with Crippen LogP contribution in [0.25, 0.3) is 0 Å². The third kappa shape index (κ3) is 2.75. The Morgan fingerprint density at radius 1 is 1.38 bits per heavy atom. The number of nitrogens with two attached hydrogens (primary N) is 1. The van der Waals surface area contributed by atoms with Crippen LogP contribution in [0.3, 0.4) is 0 Å². The number of methoxy groups -OCH3 is 1. The first-order valence-electron chi connectivity index (χ1n) is 5.90. The summed E-state index contributed by atoms with van der Waals surface area (Å²) in [5, 5.41) is 0. The summed E-state index contributed by atoms with van der Waals surface area (Å²) < 4.78 is 44.5. The number of nitrogen functional groups attached to an aromatic ring is 1. The van der Waals surface area contributed by atoms with Crippen LogP contribution in [0, 0.1) is 5.82 Å². The Bertz CT molecular complexity index is 728. The predicted octanol–water partition coefficient (Wildman–Crippen LogP) is 1.64. The van der Waals surface area contributed by atoms with Crippen molar-refractivity contribution >= 4 is 21.4 Å².